The number of nitrogens with one attached hydrogen (secondary N) is 2. The van der Waals surface area contributed by atoms with Gasteiger partial charge in [0.2, 0.25) is 0 Å². The summed E-state index contributed by atoms with van der Waals surface area (Å²) in [5.74, 6) is -1.70. The van der Waals surface area contributed by atoms with Gasteiger partial charge in [-0.25, -0.2) is 13.6 Å². The number of halogens is 2. The topological polar surface area (TPSA) is 61.4 Å². The van der Waals surface area contributed by atoms with Crippen LogP contribution in [0.1, 0.15) is 29.7 Å². The minimum absolute atomic E-state index is 0.309. The summed E-state index contributed by atoms with van der Waals surface area (Å²) < 4.78 is 27.2. The highest BCUT2D eigenvalue weighted by Crippen LogP contribution is 2.22. The van der Waals surface area contributed by atoms with Crippen LogP contribution in [-0.4, -0.2) is 17.7 Å². The number of carbonyl (C=O) groups excluding carboxylic acids is 1. The zero-order valence-electron chi connectivity index (χ0n) is 13.6. The van der Waals surface area contributed by atoms with Gasteiger partial charge in [0, 0.05) is 12.2 Å². The average Bonchev–Trinajstić information content (AvgIpc) is 2.54. The smallest absolute Gasteiger partial charge is 0.319 e. The third kappa shape index (κ3) is 4.08. The largest absolute Gasteiger partial charge is 0.386 e. The Morgan fingerprint density at radius 2 is 1.79 bits per heavy atom. The van der Waals surface area contributed by atoms with Gasteiger partial charge in [0.1, 0.15) is 17.7 Å². The van der Waals surface area contributed by atoms with E-state index < -0.39 is 29.3 Å². The number of hydrogen-bond donors (Lipinski definition) is 3. The van der Waals surface area contributed by atoms with Crippen LogP contribution in [0.4, 0.5) is 19.3 Å². The Kier molecular flexibility index (Phi) is 5.87. The molecule has 0 saturated carbocycles. The highest BCUT2D eigenvalue weighted by molar-refractivity contribution is 5.91. The van der Waals surface area contributed by atoms with E-state index in [0.717, 1.165) is 29.7 Å². The van der Waals surface area contributed by atoms with Crippen molar-refractivity contribution in [3.8, 4) is 0 Å². The summed E-state index contributed by atoms with van der Waals surface area (Å²) in [6.45, 7) is 3.54. The van der Waals surface area contributed by atoms with Crippen molar-refractivity contribution in [3.05, 3.63) is 64.7 Å². The molecule has 0 aliphatic carbocycles. The number of aliphatic hydroxyl groups excluding tert-OH is 1. The van der Waals surface area contributed by atoms with Crippen molar-refractivity contribution >= 4 is 11.7 Å². The van der Waals surface area contributed by atoms with Crippen molar-refractivity contribution in [1.29, 1.82) is 0 Å². The molecule has 1 unspecified atom stereocenters. The zero-order valence-corrected chi connectivity index (χ0v) is 13.6. The highest BCUT2D eigenvalue weighted by atomic mass is 19.1. The predicted octanol–water partition coefficient (Wildman–Crippen LogP) is 3.69. The third-order valence-corrected chi connectivity index (χ3v) is 3.77. The van der Waals surface area contributed by atoms with E-state index in [4.69, 9.17) is 0 Å². The van der Waals surface area contributed by atoms with E-state index in [2.05, 4.69) is 10.6 Å². The summed E-state index contributed by atoms with van der Waals surface area (Å²) in [6, 6.07) is 8.47. The van der Waals surface area contributed by atoms with Crippen LogP contribution in [0.3, 0.4) is 0 Å². The number of anilines is 1. The van der Waals surface area contributed by atoms with E-state index in [9.17, 15) is 18.7 Å². The number of hydrogen-bond acceptors (Lipinski definition) is 2. The van der Waals surface area contributed by atoms with Crippen LogP contribution in [-0.2, 0) is 6.42 Å². The van der Waals surface area contributed by atoms with Crippen molar-refractivity contribution < 1.29 is 18.7 Å². The minimum atomic E-state index is -1.47. The van der Waals surface area contributed by atoms with Crippen molar-refractivity contribution in [2.75, 3.05) is 11.9 Å². The van der Waals surface area contributed by atoms with E-state index in [1.165, 1.54) is 6.07 Å². The maximum absolute atomic E-state index is 13.6. The second kappa shape index (κ2) is 7.88. The molecule has 0 aliphatic rings. The highest BCUT2D eigenvalue weighted by Gasteiger charge is 2.18. The van der Waals surface area contributed by atoms with Crippen molar-refractivity contribution in [1.82, 2.24) is 5.32 Å². The van der Waals surface area contributed by atoms with Gasteiger partial charge in [-0.3, -0.25) is 0 Å². The molecule has 3 N–H and O–H groups in total. The average molecular weight is 334 g/mol. The van der Waals surface area contributed by atoms with Crippen LogP contribution in [0.25, 0.3) is 0 Å². The van der Waals surface area contributed by atoms with Crippen LogP contribution < -0.4 is 10.6 Å². The molecule has 2 aromatic carbocycles. The molecule has 0 saturated heterocycles. The molecule has 0 spiro atoms. The van der Waals surface area contributed by atoms with Gasteiger partial charge in [0.05, 0.1) is 5.56 Å². The Hall–Kier alpha value is -2.47. The Labute approximate surface area is 139 Å². The Morgan fingerprint density at radius 3 is 2.42 bits per heavy atom. The van der Waals surface area contributed by atoms with Crippen LogP contribution >= 0.6 is 0 Å². The molecule has 0 bridgehead atoms. The fraction of sp³-hybridized carbons (Fsp3) is 0.278. The quantitative estimate of drug-likeness (QED) is 0.781. The van der Waals surface area contributed by atoms with Crippen LogP contribution in [0, 0.1) is 18.6 Å². The van der Waals surface area contributed by atoms with Gasteiger partial charge in [-0.05, 0) is 36.6 Å². The van der Waals surface area contributed by atoms with E-state index in [1.54, 1.807) is 0 Å². The Balaban J connectivity index is 2.01. The summed E-state index contributed by atoms with van der Waals surface area (Å²) in [5, 5.41) is 15.1. The maximum Gasteiger partial charge on any atom is 0.319 e. The molecule has 6 heteroatoms. The molecule has 128 valence electrons. The number of amides is 2. The van der Waals surface area contributed by atoms with Gasteiger partial charge in [-0.15, -0.1) is 0 Å². The molecule has 0 radical (unpaired) electrons. The molecule has 0 aliphatic heterocycles. The summed E-state index contributed by atoms with van der Waals surface area (Å²) >= 11 is 0. The van der Waals surface area contributed by atoms with Gasteiger partial charge in [-0.2, -0.15) is 0 Å². The lowest BCUT2D eigenvalue weighted by molar-refractivity contribution is 0.166. The van der Waals surface area contributed by atoms with Gasteiger partial charge in [-0.1, -0.05) is 31.2 Å². The number of benzene rings is 2. The third-order valence-electron chi connectivity index (χ3n) is 3.77. The van der Waals surface area contributed by atoms with Crippen molar-refractivity contribution in [3.63, 3.8) is 0 Å². The molecular formula is C18H20F2N2O2. The summed E-state index contributed by atoms with van der Waals surface area (Å²) in [6.07, 6.45) is -0.722. The summed E-state index contributed by atoms with van der Waals surface area (Å²) in [5.41, 5.74) is 2.13. The first-order valence-electron chi connectivity index (χ1n) is 7.69. The molecule has 0 fully saturated rings. The first kappa shape index (κ1) is 17.9. The summed E-state index contributed by atoms with van der Waals surface area (Å²) in [7, 11) is 0. The standard InChI is InChI=1S/C18H20F2N2O2/c1-3-12-7-4-6-11(2)17(12)22-18(24)21-10-15(23)16-13(19)8-5-9-14(16)20/h4-9,15,23H,3,10H2,1-2H3,(H2,21,22,24). The number of aryl methyl sites for hydroxylation is 2. The van der Waals surface area contributed by atoms with Gasteiger partial charge < -0.3 is 15.7 Å². The Morgan fingerprint density at radius 1 is 1.17 bits per heavy atom. The zero-order chi connectivity index (χ0) is 17.7. The molecule has 2 amide bonds. The van der Waals surface area contributed by atoms with Crippen molar-refractivity contribution in [2.24, 2.45) is 0 Å². The summed E-state index contributed by atoms with van der Waals surface area (Å²) in [4.78, 5) is 12.0. The predicted molar refractivity (Wildman–Crippen MR) is 88.9 cm³/mol. The normalized spacial score (nSPS) is 11.9. The van der Waals surface area contributed by atoms with Crippen LogP contribution in [0.2, 0.25) is 0 Å². The first-order valence-corrected chi connectivity index (χ1v) is 7.69. The lowest BCUT2D eigenvalue weighted by atomic mass is 10.1. The molecule has 4 nitrogen and oxygen atoms in total. The van der Waals surface area contributed by atoms with Gasteiger partial charge in [0.15, 0.2) is 0 Å². The fourth-order valence-electron chi connectivity index (χ4n) is 2.48. The molecular weight excluding hydrogens is 314 g/mol. The molecule has 2 aromatic rings. The first-order chi connectivity index (χ1) is 11.4. The van der Waals surface area contributed by atoms with Crippen LogP contribution in [0.15, 0.2) is 36.4 Å². The lowest BCUT2D eigenvalue weighted by Gasteiger charge is -2.16. The number of urea groups is 1. The van der Waals surface area contributed by atoms with E-state index in [1.807, 2.05) is 32.0 Å². The minimum Gasteiger partial charge on any atom is -0.386 e. The fourth-order valence-corrected chi connectivity index (χ4v) is 2.48. The monoisotopic (exact) mass is 334 g/mol. The number of aliphatic hydroxyl groups is 1. The van der Waals surface area contributed by atoms with Crippen molar-refractivity contribution in [2.45, 2.75) is 26.4 Å². The van der Waals surface area contributed by atoms with E-state index in [-0.39, 0.29) is 6.54 Å². The van der Waals surface area contributed by atoms with E-state index >= 15 is 0 Å². The second-order valence-electron chi connectivity index (χ2n) is 5.45. The Bertz CT molecular complexity index is 715. The SMILES string of the molecule is CCc1cccc(C)c1NC(=O)NCC(O)c1c(F)cccc1F. The molecule has 0 aromatic heterocycles. The molecule has 0 heterocycles. The van der Waals surface area contributed by atoms with Crippen LogP contribution in [0.5, 0.6) is 0 Å². The molecule has 1 atom stereocenters. The number of rotatable bonds is 5. The molecule has 24 heavy (non-hydrogen) atoms. The second-order valence-corrected chi connectivity index (χ2v) is 5.45. The lowest BCUT2D eigenvalue weighted by Crippen LogP contribution is -2.33. The number of para-hydroxylation sites is 1. The van der Waals surface area contributed by atoms with Gasteiger partial charge in [0.25, 0.3) is 0 Å². The van der Waals surface area contributed by atoms with Gasteiger partial charge >= 0.3 is 6.03 Å². The maximum atomic E-state index is 13.6. The number of carbonyl (C=O) groups is 1. The van der Waals surface area contributed by atoms with E-state index in [0.29, 0.717) is 5.69 Å². The molecule has 2 rings (SSSR count).